The summed E-state index contributed by atoms with van der Waals surface area (Å²) in [6.07, 6.45) is 6.84. The number of likely N-dealkylation sites (tertiary alicyclic amines) is 1. The molecule has 0 aromatic heterocycles. The molecule has 1 saturated heterocycles. The number of hydrogen-bond donors (Lipinski definition) is 1. The lowest BCUT2D eigenvalue weighted by Crippen LogP contribution is -2.31. The normalized spacial score (nSPS) is 17.7. The van der Waals surface area contributed by atoms with Crippen LogP contribution in [0.1, 0.15) is 37.7 Å². The zero-order valence-corrected chi connectivity index (χ0v) is 11.8. The van der Waals surface area contributed by atoms with E-state index >= 15 is 0 Å². The van der Waals surface area contributed by atoms with Crippen molar-refractivity contribution in [1.82, 2.24) is 4.90 Å². The molecule has 0 radical (unpaired) electrons. The van der Waals surface area contributed by atoms with Gasteiger partial charge in [-0.05, 0) is 32.0 Å². The molecule has 106 valence electrons. The summed E-state index contributed by atoms with van der Waals surface area (Å²) in [6.45, 7) is 4.78. The van der Waals surface area contributed by atoms with Gasteiger partial charge in [-0.3, -0.25) is 4.90 Å². The molecule has 1 heterocycles. The molecular weight excluding hydrogens is 236 g/mol. The van der Waals surface area contributed by atoms with Crippen molar-refractivity contribution < 1.29 is 4.74 Å². The van der Waals surface area contributed by atoms with Gasteiger partial charge in [0.2, 0.25) is 0 Å². The van der Waals surface area contributed by atoms with E-state index in [9.17, 15) is 0 Å². The molecule has 0 unspecified atom stereocenters. The Balaban J connectivity index is 1.75. The second kappa shape index (κ2) is 8.18. The van der Waals surface area contributed by atoms with Crippen molar-refractivity contribution in [1.29, 1.82) is 0 Å². The Hall–Kier alpha value is -1.06. The van der Waals surface area contributed by atoms with Crippen LogP contribution in [0.3, 0.4) is 0 Å². The van der Waals surface area contributed by atoms with Gasteiger partial charge in [0, 0.05) is 18.7 Å². The number of nitrogens with zero attached hydrogens (tertiary/aromatic N) is 1. The van der Waals surface area contributed by atoms with E-state index in [0.29, 0.717) is 6.54 Å². The summed E-state index contributed by atoms with van der Waals surface area (Å²) in [7, 11) is 0. The molecule has 0 saturated carbocycles. The van der Waals surface area contributed by atoms with E-state index in [2.05, 4.69) is 4.90 Å². The fourth-order valence-electron chi connectivity index (χ4n) is 2.63. The minimum Gasteiger partial charge on any atom is -0.492 e. The first-order valence-electron chi connectivity index (χ1n) is 7.53. The minimum absolute atomic E-state index is 0.542. The maximum absolute atomic E-state index is 5.88. The summed E-state index contributed by atoms with van der Waals surface area (Å²) in [6, 6.07) is 8.05. The molecule has 0 spiro atoms. The Morgan fingerprint density at radius 3 is 2.42 bits per heavy atom. The molecule has 1 aromatic rings. The molecule has 1 aliphatic heterocycles. The summed E-state index contributed by atoms with van der Waals surface area (Å²) in [5.74, 6) is 0.942. The van der Waals surface area contributed by atoms with E-state index in [-0.39, 0.29) is 0 Å². The Morgan fingerprint density at radius 2 is 1.68 bits per heavy atom. The molecule has 1 fully saturated rings. The van der Waals surface area contributed by atoms with Crippen LogP contribution in [-0.4, -0.2) is 31.1 Å². The summed E-state index contributed by atoms with van der Waals surface area (Å²) in [5.41, 5.74) is 6.81. The highest BCUT2D eigenvalue weighted by atomic mass is 16.5. The first-order valence-corrected chi connectivity index (χ1v) is 7.53. The lowest BCUT2D eigenvalue weighted by Gasteiger charge is -2.24. The van der Waals surface area contributed by atoms with Gasteiger partial charge in [0.1, 0.15) is 12.4 Å². The van der Waals surface area contributed by atoms with Gasteiger partial charge in [-0.15, -0.1) is 0 Å². The molecule has 0 bridgehead atoms. The van der Waals surface area contributed by atoms with Crippen LogP contribution in [0, 0.1) is 0 Å². The molecule has 2 rings (SSSR count). The summed E-state index contributed by atoms with van der Waals surface area (Å²) in [5, 5.41) is 0. The predicted octanol–water partition coefficient (Wildman–Crippen LogP) is 2.79. The highest BCUT2D eigenvalue weighted by Crippen LogP contribution is 2.17. The molecule has 0 aliphatic carbocycles. The Morgan fingerprint density at radius 1 is 1.00 bits per heavy atom. The lowest BCUT2D eigenvalue weighted by molar-refractivity contribution is 0.195. The summed E-state index contributed by atoms with van der Waals surface area (Å²) < 4.78 is 5.88. The highest BCUT2D eigenvalue weighted by molar-refractivity contribution is 5.32. The fourth-order valence-corrected chi connectivity index (χ4v) is 2.63. The molecule has 0 atom stereocenters. The zero-order chi connectivity index (χ0) is 13.3. The van der Waals surface area contributed by atoms with Crippen molar-refractivity contribution in [3.05, 3.63) is 29.8 Å². The van der Waals surface area contributed by atoms with Crippen LogP contribution < -0.4 is 10.5 Å². The number of hydrogen-bond acceptors (Lipinski definition) is 3. The van der Waals surface area contributed by atoms with E-state index in [0.717, 1.165) is 24.5 Å². The zero-order valence-electron chi connectivity index (χ0n) is 11.8. The van der Waals surface area contributed by atoms with Crippen LogP contribution in [-0.2, 0) is 6.54 Å². The molecule has 19 heavy (non-hydrogen) atoms. The number of para-hydroxylation sites is 1. The third kappa shape index (κ3) is 4.84. The largest absolute Gasteiger partial charge is 0.492 e. The molecule has 3 nitrogen and oxygen atoms in total. The Bertz CT molecular complexity index is 360. The van der Waals surface area contributed by atoms with Gasteiger partial charge in [0.25, 0.3) is 0 Å². The first-order chi connectivity index (χ1) is 9.40. The van der Waals surface area contributed by atoms with Crippen molar-refractivity contribution in [2.24, 2.45) is 5.73 Å². The van der Waals surface area contributed by atoms with E-state index in [1.54, 1.807) is 0 Å². The van der Waals surface area contributed by atoms with Gasteiger partial charge in [-0.1, -0.05) is 37.5 Å². The maximum Gasteiger partial charge on any atom is 0.123 e. The van der Waals surface area contributed by atoms with E-state index in [1.165, 1.54) is 45.2 Å². The van der Waals surface area contributed by atoms with Crippen molar-refractivity contribution in [2.45, 2.75) is 38.6 Å². The number of rotatable bonds is 5. The van der Waals surface area contributed by atoms with Gasteiger partial charge in [0.15, 0.2) is 0 Å². The summed E-state index contributed by atoms with van der Waals surface area (Å²) >= 11 is 0. The number of ether oxygens (including phenoxy) is 1. The van der Waals surface area contributed by atoms with Crippen LogP contribution in [0.5, 0.6) is 5.75 Å². The Kier molecular flexibility index (Phi) is 6.18. The SMILES string of the molecule is NCc1ccccc1OCCN1CCCCCCC1. The van der Waals surface area contributed by atoms with Crippen LogP contribution >= 0.6 is 0 Å². The number of benzene rings is 1. The topological polar surface area (TPSA) is 38.5 Å². The van der Waals surface area contributed by atoms with E-state index in [1.807, 2.05) is 24.3 Å². The van der Waals surface area contributed by atoms with E-state index < -0.39 is 0 Å². The molecule has 0 amide bonds. The molecule has 1 aromatic carbocycles. The third-order valence-corrected chi connectivity index (χ3v) is 3.81. The maximum atomic E-state index is 5.88. The molecule has 1 aliphatic rings. The van der Waals surface area contributed by atoms with Gasteiger partial charge < -0.3 is 10.5 Å². The monoisotopic (exact) mass is 262 g/mol. The third-order valence-electron chi connectivity index (χ3n) is 3.81. The Labute approximate surface area is 116 Å². The summed E-state index contributed by atoms with van der Waals surface area (Å²) in [4.78, 5) is 2.53. The molecule has 2 N–H and O–H groups in total. The van der Waals surface area contributed by atoms with Gasteiger partial charge in [-0.2, -0.15) is 0 Å². The van der Waals surface area contributed by atoms with Crippen LogP contribution in [0.2, 0.25) is 0 Å². The predicted molar refractivity (Wildman–Crippen MR) is 79.4 cm³/mol. The van der Waals surface area contributed by atoms with Crippen LogP contribution in [0.15, 0.2) is 24.3 Å². The second-order valence-electron chi connectivity index (χ2n) is 5.27. The standard InChI is InChI=1S/C16H26N2O/c17-14-15-8-4-5-9-16(15)19-13-12-18-10-6-2-1-3-7-11-18/h4-5,8-9H,1-3,6-7,10-14,17H2. The molecule has 3 heteroatoms. The van der Waals surface area contributed by atoms with Crippen LogP contribution in [0.4, 0.5) is 0 Å². The van der Waals surface area contributed by atoms with Crippen LogP contribution in [0.25, 0.3) is 0 Å². The van der Waals surface area contributed by atoms with Gasteiger partial charge in [-0.25, -0.2) is 0 Å². The van der Waals surface area contributed by atoms with Gasteiger partial charge >= 0.3 is 0 Å². The van der Waals surface area contributed by atoms with Crippen molar-refractivity contribution in [2.75, 3.05) is 26.2 Å². The van der Waals surface area contributed by atoms with Crippen molar-refractivity contribution >= 4 is 0 Å². The lowest BCUT2D eigenvalue weighted by atomic mass is 10.1. The smallest absolute Gasteiger partial charge is 0.123 e. The fraction of sp³-hybridized carbons (Fsp3) is 0.625. The average Bonchev–Trinajstić information content (AvgIpc) is 2.41. The van der Waals surface area contributed by atoms with Gasteiger partial charge in [0.05, 0.1) is 0 Å². The second-order valence-corrected chi connectivity index (χ2v) is 5.27. The minimum atomic E-state index is 0.542. The van der Waals surface area contributed by atoms with Crippen molar-refractivity contribution in [3.63, 3.8) is 0 Å². The van der Waals surface area contributed by atoms with E-state index in [4.69, 9.17) is 10.5 Å². The van der Waals surface area contributed by atoms with Crippen molar-refractivity contribution in [3.8, 4) is 5.75 Å². The highest BCUT2D eigenvalue weighted by Gasteiger charge is 2.08. The molecular formula is C16H26N2O. The average molecular weight is 262 g/mol. The number of nitrogens with two attached hydrogens (primary N) is 1. The quantitative estimate of drug-likeness (QED) is 0.887. The first kappa shape index (κ1) is 14.4.